The highest BCUT2D eigenvalue weighted by Crippen LogP contribution is 2.28. The van der Waals surface area contributed by atoms with Crippen LogP contribution >= 0.6 is 11.8 Å². The predicted octanol–water partition coefficient (Wildman–Crippen LogP) is 1.20. The van der Waals surface area contributed by atoms with Crippen molar-refractivity contribution in [2.75, 3.05) is 25.2 Å². The van der Waals surface area contributed by atoms with Crippen LogP contribution in [0.2, 0.25) is 0 Å². The Balaban J connectivity index is 2.66. The Morgan fingerprint density at radius 2 is 2.29 bits per heavy atom. The molecule has 14 heavy (non-hydrogen) atoms. The fraction of sp³-hybridized carbons (Fsp3) is 0.700. The third-order valence-corrected chi connectivity index (χ3v) is 3.49. The minimum Gasteiger partial charge on any atom is -0.468 e. The molecule has 1 aliphatic heterocycles. The molecule has 0 atom stereocenters. The van der Waals surface area contributed by atoms with Gasteiger partial charge in [-0.1, -0.05) is 6.08 Å². The first kappa shape index (κ1) is 11.6. The van der Waals surface area contributed by atoms with Gasteiger partial charge in [0, 0.05) is 6.54 Å². The molecule has 1 N–H and O–H groups in total. The topological polar surface area (TPSA) is 38.3 Å². The van der Waals surface area contributed by atoms with Crippen molar-refractivity contribution in [3.05, 3.63) is 12.7 Å². The molecule has 0 aromatic heterocycles. The van der Waals surface area contributed by atoms with Crippen molar-refractivity contribution in [1.82, 2.24) is 5.32 Å². The maximum atomic E-state index is 11.7. The number of hydrogen-bond donors (Lipinski definition) is 1. The summed E-state index contributed by atoms with van der Waals surface area (Å²) < 4.78 is 4.85. The molecule has 0 aromatic carbocycles. The molecule has 0 amide bonds. The molecule has 3 nitrogen and oxygen atoms in total. The van der Waals surface area contributed by atoms with Gasteiger partial charge in [-0.2, -0.15) is 11.8 Å². The molecule has 0 radical (unpaired) electrons. The van der Waals surface area contributed by atoms with E-state index in [0.29, 0.717) is 6.54 Å². The zero-order valence-electron chi connectivity index (χ0n) is 8.54. The summed E-state index contributed by atoms with van der Waals surface area (Å²) in [6.07, 6.45) is 3.46. The summed E-state index contributed by atoms with van der Waals surface area (Å²) in [5, 5.41) is 3.23. The van der Waals surface area contributed by atoms with Crippen LogP contribution in [0, 0.1) is 0 Å². The molecule has 1 heterocycles. The fourth-order valence-corrected chi connectivity index (χ4v) is 2.83. The number of ether oxygens (including phenoxy) is 1. The Kier molecular flexibility index (Phi) is 4.48. The van der Waals surface area contributed by atoms with Crippen molar-refractivity contribution in [3.8, 4) is 0 Å². The number of hydrogen-bond acceptors (Lipinski definition) is 4. The first-order valence-electron chi connectivity index (χ1n) is 4.77. The van der Waals surface area contributed by atoms with Gasteiger partial charge in [-0.25, -0.2) is 0 Å². The maximum Gasteiger partial charge on any atom is 0.326 e. The molecule has 1 aliphatic rings. The summed E-state index contributed by atoms with van der Waals surface area (Å²) >= 11 is 1.88. The lowest BCUT2D eigenvalue weighted by atomic mass is 9.92. The number of carbonyl (C=O) groups excluding carboxylic acids is 1. The van der Waals surface area contributed by atoms with Crippen LogP contribution in [-0.2, 0) is 9.53 Å². The Morgan fingerprint density at radius 1 is 1.64 bits per heavy atom. The van der Waals surface area contributed by atoms with Crippen molar-refractivity contribution in [1.29, 1.82) is 0 Å². The summed E-state index contributed by atoms with van der Waals surface area (Å²) in [7, 11) is 1.45. The van der Waals surface area contributed by atoms with Crippen molar-refractivity contribution in [2.24, 2.45) is 0 Å². The standard InChI is InChI=1S/C10H17NO2S/c1-3-6-11-10(9(12)13-2)4-7-14-8-5-10/h3,11H,1,4-8H2,2H3. The zero-order chi connectivity index (χ0) is 10.4. The largest absolute Gasteiger partial charge is 0.468 e. The molecule has 1 fully saturated rings. The maximum absolute atomic E-state index is 11.7. The number of thioether (sulfide) groups is 1. The lowest BCUT2D eigenvalue weighted by Crippen LogP contribution is -2.54. The third-order valence-electron chi connectivity index (χ3n) is 2.51. The number of methoxy groups -OCH3 is 1. The van der Waals surface area contributed by atoms with Gasteiger partial charge in [0.2, 0.25) is 0 Å². The van der Waals surface area contributed by atoms with Crippen LogP contribution in [0.4, 0.5) is 0 Å². The lowest BCUT2D eigenvalue weighted by Gasteiger charge is -2.34. The molecular formula is C10H17NO2S. The van der Waals surface area contributed by atoms with Gasteiger partial charge in [-0.3, -0.25) is 10.1 Å². The van der Waals surface area contributed by atoms with Gasteiger partial charge in [0.25, 0.3) is 0 Å². The van der Waals surface area contributed by atoms with Crippen LogP contribution in [0.15, 0.2) is 12.7 Å². The molecule has 0 saturated carbocycles. The molecular weight excluding hydrogens is 198 g/mol. The molecule has 80 valence electrons. The van der Waals surface area contributed by atoms with E-state index in [4.69, 9.17) is 4.74 Å². The first-order valence-corrected chi connectivity index (χ1v) is 5.93. The number of rotatable bonds is 4. The molecule has 0 bridgehead atoms. The molecule has 0 unspecified atom stereocenters. The van der Waals surface area contributed by atoms with Crippen molar-refractivity contribution >= 4 is 17.7 Å². The molecule has 1 rings (SSSR count). The minimum atomic E-state index is -0.464. The van der Waals surface area contributed by atoms with E-state index < -0.39 is 5.54 Å². The van der Waals surface area contributed by atoms with Gasteiger partial charge in [0.05, 0.1) is 7.11 Å². The quantitative estimate of drug-likeness (QED) is 0.565. The monoisotopic (exact) mass is 215 g/mol. The van der Waals surface area contributed by atoms with Gasteiger partial charge >= 0.3 is 5.97 Å². The normalized spacial score (nSPS) is 20.1. The molecule has 0 aliphatic carbocycles. The highest BCUT2D eigenvalue weighted by Gasteiger charge is 2.39. The highest BCUT2D eigenvalue weighted by atomic mass is 32.2. The Hall–Kier alpha value is -0.480. The van der Waals surface area contributed by atoms with Crippen LogP contribution in [0.3, 0.4) is 0 Å². The summed E-state index contributed by atoms with van der Waals surface area (Å²) in [5.41, 5.74) is -0.464. The van der Waals surface area contributed by atoms with E-state index in [2.05, 4.69) is 11.9 Å². The van der Waals surface area contributed by atoms with E-state index >= 15 is 0 Å². The van der Waals surface area contributed by atoms with E-state index in [1.807, 2.05) is 11.8 Å². The number of nitrogens with one attached hydrogen (secondary N) is 1. The highest BCUT2D eigenvalue weighted by molar-refractivity contribution is 7.99. The Bertz CT molecular complexity index is 212. The fourth-order valence-electron chi connectivity index (χ4n) is 1.64. The Morgan fingerprint density at radius 3 is 2.79 bits per heavy atom. The minimum absolute atomic E-state index is 0.139. The average Bonchev–Trinajstić information content (AvgIpc) is 2.26. The van der Waals surface area contributed by atoms with Crippen LogP contribution < -0.4 is 5.32 Å². The number of carbonyl (C=O) groups is 1. The van der Waals surface area contributed by atoms with Crippen LogP contribution in [0.5, 0.6) is 0 Å². The van der Waals surface area contributed by atoms with Crippen LogP contribution in [0.1, 0.15) is 12.8 Å². The van der Waals surface area contributed by atoms with Gasteiger partial charge in [0.1, 0.15) is 5.54 Å². The summed E-state index contributed by atoms with van der Waals surface area (Å²) in [4.78, 5) is 11.7. The summed E-state index contributed by atoms with van der Waals surface area (Å²) in [6, 6.07) is 0. The van der Waals surface area contributed by atoms with Gasteiger partial charge in [-0.15, -0.1) is 6.58 Å². The van der Waals surface area contributed by atoms with E-state index in [9.17, 15) is 4.79 Å². The SMILES string of the molecule is C=CCNC1(C(=O)OC)CCSCC1. The molecule has 0 spiro atoms. The molecule has 0 aromatic rings. The van der Waals surface area contributed by atoms with E-state index in [1.54, 1.807) is 6.08 Å². The summed E-state index contributed by atoms with van der Waals surface area (Å²) in [5.74, 6) is 1.89. The second kappa shape index (κ2) is 5.41. The van der Waals surface area contributed by atoms with Gasteiger partial charge in [-0.05, 0) is 24.3 Å². The third kappa shape index (κ3) is 2.51. The predicted molar refractivity (Wildman–Crippen MR) is 59.5 cm³/mol. The zero-order valence-corrected chi connectivity index (χ0v) is 9.36. The average molecular weight is 215 g/mol. The first-order chi connectivity index (χ1) is 6.75. The van der Waals surface area contributed by atoms with Crippen molar-refractivity contribution in [2.45, 2.75) is 18.4 Å². The molecule has 1 saturated heterocycles. The molecule has 4 heteroatoms. The second-order valence-corrected chi connectivity index (χ2v) is 4.58. The number of esters is 1. The smallest absolute Gasteiger partial charge is 0.326 e. The lowest BCUT2D eigenvalue weighted by molar-refractivity contribution is -0.149. The Labute approximate surface area is 89.3 Å². The van der Waals surface area contributed by atoms with E-state index in [0.717, 1.165) is 24.3 Å². The van der Waals surface area contributed by atoms with Crippen LogP contribution in [0.25, 0.3) is 0 Å². The van der Waals surface area contributed by atoms with Crippen molar-refractivity contribution in [3.63, 3.8) is 0 Å². The summed E-state index contributed by atoms with van der Waals surface area (Å²) in [6.45, 7) is 4.29. The van der Waals surface area contributed by atoms with Gasteiger partial charge in [0.15, 0.2) is 0 Å². The van der Waals surface area contributed by atoms with Gasteiger partial charge < -0.3 is 4.74 Å². The second-order valence-electron chi connectivity index (χ2n) is 3.36. The van der Waals surface area contributed by atoms with E-state index in [-0.39, 0.29) is 5.97 Å². The van der Waals surface area contributed by atoms with Crippen LogP contribution in [-0.4, -0.2) is 36.7 Å². The van der Waals surface area contributed by atoms with Crippen molar-refractivity contribution < 1.29 is 9.53 Å². The van der Waals surface area contributed by atoms with E-state index in [1.165, 1.54) is 7.11 Å².